The zero-order valence-corrected chi connectivity index (χ0v) is 18.1. The number of halogens is 1. The molecule has 4 aromatic rings. The highest BCUT2D eigenvalue weighted by atomic mass is 35.5. The number of benzene rings is 2. The van der Waals surface area contributed by atoms with Gasteiger partial charge >= 0.3 is 0 Å². The Balaban J connectivity index is 1.69. The van der Waals surface area contributed by atoms with Crippen molar-refractivity contribution in [1.82, 2.24) is 20.0 Å². The summed E-state index contributed by atoms with van der Waals surface area (Å²) in [5, 5.41) is 7.66. The Morgan fingerprint density at radius 3 is 2.53 bits per heavy atom. The molecule has 2 heterocycles. The standard InChI is InChI=1S/C23H23ClN4O2/c1-13(2)28-19-12-8-7-11-18(19)26-22(28)14(3)25-23(29)20-15(4)30-27-21(20)16-9-5-6-10-17(16)24/h5-14H,1-4H3,(H,25,29). The summed E-state index contributed by atoms with van der Waals surface area (Å²) in [5.74, 6) is 0.957. The predicted octanol–water partition coefficient (Wildman–Crippen LogP) is 5.73. The SMILES string of the molecule is Cc1onc(-c2ccccc2Cl)c1C(=O)NC(C)c1nc2ccccc2n1C(C)C. The van der Waals surface area contributed by atoms with E-state index in [-0.39, 0.29) is 18.0 Å². The first-order chi connectivity index (χ1) is 14.4. The van der Waals surface area contributed by atoms with Crippen molar-refractivity contribution in [2.45, 2.75) is 39.8 Å². The Labute approximate surface area is 179 Å². The number of fused-ring (bicyclic) bond motifs is 1. The maximum absolute atomic E-state index is 13.2. The van der Waals surface area contributed by atoms with Crippen LogP contribution in [0.1, 0.15) is 54.8 Å². The molecule has 0 fully saturated rings. The minimum Gasteiger partial charge on any atom is -0.360 e. The number of imidazole rings is 1. The molecule has 7 heteroatoms. The van der Waals surface area contributed by atoms with Gasteiger partial charge in [-0.25, -0.2) is 4.98 Å². The summed E-state index contributed by atoms with van der Waals surface area (Å²) in [4.78, 5) is 18.0. The van der Waals surface area contributed by atoms with Crippen molar-refractivity contribution in [3.63, 3.8) is 0 Å². The summed E-state index contributed by atoms with van der Waals surface area (Å²) < 4.78 is 7.48. The molecule has 154 valence electrons. The molecule has 0 aliphatic rings. The third kappa shape index (κ3) is 3.48. The summed E-state index contributed by atoms with van der Waals surface area (Å²) in [6, 6.07) is 15.1. The molecule has 6 nitrogen and oxygen atoms in total. The number of para-hydroxylation sites is 2. The van der Waals surface area contributed by atoms with Crippen LogP contribution in [0, 0.1) is 6.92 Å². The number of carbonyl (C=O) groups is 1. The average molecular weight is 423 g/mol. The number of amides is 1. The first-order valence-electron chi connectivity index (χ1n) is 9.87. The van der Waals surface area contributed by atoms with Crippen LogP contribution >= 0.6 is 11.6 Å². The normalized spacial score (nSPS) is 12.5. The third-order valence-electron chi connectivity index (χ3n) is 5.09. The fraction of sp³-hybridized carbons (Fsp3) is 0.261. The van der Waals surface area contributed by atoms with Gasteiger partial charge < -0.3 is 14.4 Å². The zero-order valence-electron chi connectivity index (χ0n) is 17.3. The molecule has 0 aliphatic heterocycles. The highest BCUT2D eigenvalue weighted by Crippen LogP contribution is 2.31. The van der Waals surface area contributed by atoms with Gasteiger partial charge in [0.1, 0.15) is 22.8 Å². The van der Waals surface area contributed by atoms with Crippen molar-refractivity contribution in [1.29, 1.82) is 0 Å². The lowest BCUT2D eigenvalue weighted by Gasteiger charge is -2.19. The lowest BCUT2D eigenvalue weighted by molar-refractivity contribution is 0.0936. The maximum atomic E-state index is 13.2. The van der Waals surface area contributed by atoms with Gasteiger partial charge in [0.15, 0.2) is 0 Å². The van der Waals surface area contributed by atoms with Crippen LogP contribution in [0.25, 0.3) is 22.3 Å². The van der Waals surface area contributed by atoms with Crippen LogP contribution in [0.5, 0.6) is 0 Å². The van der Waals surface area contributed by atoms with Gasteiger partial charge in [0.25, 0.3) is 5.91 Å². The molecule has 0 aliphatic carbocycles. The molecule has 1 N–H and O–H groups in total. The van der Waals surface area contributed by atoms with E-state index in [4.69, 9.17) is 21.1 Å². The molecule has 1 atom stereocenters. The molecule has 2 aromatic carbocycles. The van der Waals surface area contributed by atoms with E-state index >= 15 is 0 Å². The molecular weight excluding hydrogens is 400 g/mol. The van der Waals surface area contributed by atoms with E-state index in [0.717, 1.165) is 16.9 Å². The van der Waals surface area contributed by atoms with Crippen molar-refractivity contribution in [2.24, 2.45) is 0 Å². The molecule has 0 saturated carbocycles. The maximum Gasteiger partial charge on any atom is 0.257 e. The quantitative estimate of drug-likeness (QED) is 0.446. The summed E-state index contributed by atoms with van der Waals surface area (Å²) in [7, 11) is 0. The van der Waals surface area contributed by atoms with Crippen LogP contribution in [0.15, 0.2) is 53.1 Å². The third-order valence-corrected chi connectivity index (χ3v) is 5.42. The number of hydrogen-bond acceptors (Lipinski definition) is 4. The Hall–Kier alpha value is -3.12. The Bertz CT molecular complexity index is 1230. The Morgan fingerprint density at radius 2 is 1.80 bits per heavy atom. The van der Waals surface area contributed by atoms with Gasteiger partial charge in [0, 0.05) is 11.6 Å². The van der Waals surface area contributed by atoms with Gasteiger partial charge in [-0.15, -0.1) is 0 Å². The van der Waals surface area contributed by atoms with Crippen molar-refractivity contribution >= 4 is 28.5 Å². The molecule has 1 unspecified atom stereocenters. The van der Waals surface area contributed by atoms with Crippen LogP contribution in [-0.2, 0) is 0 Å². The number of nitrogens with zero attached hydrogens (tertiary/aromatic N) is 3. The van der Waals surface area contributed by atoms with Crippen molar-refractivity contribution in [3.05, 3.63) is 70.7 Å². The molecule has 0 saturated heterocycles. The van der Waals surface area contributed by atoms with E-state index < -0.39 is 0 Å². The number of carbonyl (C=O) groups excluding carboxylic acids is 1. The second-order valence-electron chi connectivity index (χ2n) is 7.56. The van der Waals surface area contributed by atoms with E-state index in [1.165, 1.54) is 0 Å². The molecule has 4 rings (SSSR count). The minimum absolute atomic E-state index is 0.197. The van der Waals surface area contributed by atoms with Gasteiger partial charge in [-0.2, -0.15) is 0 Å². The second-order valence-corrected chi connectivity index (χ2v) is 7.97. The lowest BCUT2D eigenvalue weighted by atomic mass is 10.1. The number of rotatable bonds is 5. The van der Waals surface area contributed by atoms with E-state index in [2.05, 4.69) is 28.9 Å². The second kappa shape index (κ2) is 7.95. The van der Waals surface area contributed by atoms with Crippen LogP contribution in [-0.4, -0.2) is 20.6 Å². The fourth-order valence-corrected chi connectivity index (χ4v) is 3.95. The minimum atomic E-state index is -0.319. The molecule has 2 aromatic heterocycles. The molecule has 30 heavy (non-hydrogen) atoms. The highest BCUT2D eigenvalue weighted by Gasteiger charge is 2.26. The van der Waals surface area contributed by atoms with Crippen LogP contribution in [0.3, 0.4) is 0 Å². The largest absolute Gasteiger partial charge is 0.360 e. The summed E-state index contributed by atoms with van der Waals surface area (Å²) in [6.45, 7) is 7.85. The molecule has 1 amide bonds. The van der Waals surface area contributed by atoms with Gasteiger partial charge in [-0.3, -0.25) is 4.79 Å². The van der Waals surface area contributed by atoms with Gasteiger partial charge in [0.2, 0.25) is 0 Å². The lowest BCUT2D eigenvalue weighted by Crippen LogP contribution is -2.29. The van der Waals surface area contributed by atoms with Crippen LogP contribution in [0.4, 0.5) is 0 Å². The van der Waals surface area contributed by atoms with E-state index in [0.29, 0.717) is 27.6 Å². The van der Waals surface area contributed by atoms with Crippen LogP contribution < -0.4 is 5.32 Å². The average Bonchev–Trinajstić information content (AvgIpc) is 3.29. The summed E-state index contributed by atoms with van der Waals surface area (Å²) >= 11 is 6.32. The number of hydrogen-bond donors (Lipinski definition) is 1. The van der Waals surface area contributed by atoms with Gasteiger partial charge in [0.05, 0.1) is 22.1 Å². The topological polar surface area (TPSA) is 73.0 Å². The van der Waals surface area contributed by atoms with Gasteiger partial charge in [-0.05, 0) is 45.9 Å². The number of aryl methyl sites for hydroxylation is 1. The monoisotopic (exact) mass is 422 g/mol. The smallest absolute Gasteiger partial charge is 0.257 e. The first kappa shape index (κ1) is 20.2. The number of aromatic nitrogens is 3. The number of nitrogens with one attached hydrogen (secondary N) is 1. The molecule has 0 bridgehead atoms. The highest BCUT2D eigenvalue weighted by molar-refractivity contribution is 6.33. The zero-order chi connectivity index (χ0) is 21.4. The van der Waals surface area contributed by atoms with E-state index in [1.807, 2.05) is 49.4 Å². The van der Waals surface area contributed by atoms with Crippen LogP contribution in [0.2, 0.25) is 5.02 Å². The van der Waals surface area contributed by atoms with E-state index in [9.17, 15) is 4.79 Å². The molecule has 0 spiro atoms. The fourth-order valence-electron chi connectivity index (χ4n) is 3.72. The molecule has 0 radical (unpaired) electrons. The summed E-state index contributed by atoms with van der Waals surface area (Å²) in [5.41, 5.74) is 3.41. The predicted molar refractivity (Wildman–Crippen MR) is 118 cm³/mol. The Morgan fingerprint density at radius 1 is 1.10 bits per heavy atom. The molecular formula is C23H23ClN4O2. The summed E-state index contributed by atoms with van der Waals surface area (Å²) in [6.07, 6.45) is 0. The van der Waals surface area contributed by atoms with E-state index in [1.54, 1.807) is 13.0 Å². The van der Waals surface area contributed by atoms with Crippen molar-refractivity contribution in [3.8, 4) is 11.3 Å². The van der Waals surface area contributed by atoms with Crippen molar-refractivity contribution in [2.75, 3.05) is 0 Å². The van der Waals surface area contributed by atoms with Crippen molar-refractivity contribution < 1.29 is 9.32 Å². The van der Waals surface area contributed by atoms with Gasteiger partial charge in [-0.1, -0.05) is 47.1 Å². The first-order valence-corrected chi connectivity index (χ1v) is 10.2. The Kier molecular flexibility index (Phi) is 5.35.